The molecular weight excluding hydrogens is 148 g/mol. The summed E-state index contributed by atoms with van der Waals surface area (Å²) in [4.78, 5) is 0. The van der Waals surface area contributed by atoms with Gasteiger partial charge in [0.05, 0.1) is 0 Å². The second-order valence-corrected chi connectivity index (χ2v) is 10.6. The molecule has 0 aliphatic carbocycles. The van der Waals surface area contributed by atoms with Crippen molar-refractivity contribution in [2.45, 2.75) is 39.4 Å². The Labute approximate surface area is 64.3 Å². The van der Waals surface area contributed by atoms with Crippen LogP contribution in [0.2, 0.25) is 18.6 Å². The molecule has 1 atom stereocenters. The molecule has 0 N–H and O–H groups in total. The zero-order valence-corrected chi connectivity index (χ0v) is 8.79. The molecule has 56 valence electrons. The molecule has 0 saturated heterocycles. The first-order valence-corrected chi connectivity index (χ1v) is 7.63. The molecule has 0 saturated carbocycles. The van der Waals surface area contributed by atoms with E-state index in [1.807, 2.05) is 0 Å². The maximum Gasteiger partial charge on any atom is 0.153 e. The molecule has 0 bridgehead atoms. The minimum absolute atomic E-state index is 0.721. The SMILES string of the molecule is CC(C)C(C)[Si](C)(C)Cl. The van der Waals surface area contributed by atoms with Crippen molar-refractivity contribution < 1.29 is 0 Å². The van der Waals surface area contributed by atoms with Crippen LogP contribution in [-0.4, -0.2) is 7.38 Å². The zero-order chi connectivity index (χ0) is 7.65. The highest BCUT2D eigenvalue weighted by Gasteiger charge is 2.27. The van der Waals surface area contributed by atoms with Gasteiger partial charge in [-0.1, -0.05) is 33.9 Å². The van der Waals surface area contributed by atoms with E-state index < -0.39 is 7.38 Å². The first-order valence-electron chi connectivity index (χ1n) is 3.54. The Morgan fingerprint density at radius 1 is 1.11 bits per heavy atom. The third-order valence-electron chi connectivity index (χ3n) is 2.08. The standard InChI is InChI=1S/C7H17ClSi/c1-6(2)7(3)9(4,5)8/h6-7H,1-5H3. The summed E-state index contributed by atoms with van der Waals surface area (Å²) in [6.07, 6.45) is 0. The molecular formula is C7H17ClSi. The molecule has 0 aliphatic rings. The number of halogens is 1. The maximum absolute atomic E-state index is 6.22. The van der Waals surface area contributed by atoms with Gasteiger partial charge in [-0.15, -0.1) is 0 Å². The van der Waals surface area contributed by atoms with Crippen molar-refractivity contribution in [2.75, 3.05) is 0 Å². The van der Waals surface area contributed by atoms with Crippen molar-refractivity contribution in [2.24, 2.45) is 5.92 Å². The summed E-state index contributed by atoms with van der Waals surface area (Å²) in [7, 11) is -1.35. The van der Waals surface area contributed by atoms with Crippen molar-refractivity contribution in [1.82, 2.24) is 0 Å². The van der Waals surface area contributed by atoms with E-state index in [9.17, 15) is 0 Å². The fourth-order valence-electron chi connectivity index (χ4n) is 0.793. The third-order valence-corrected chi connectivity index (χ3v) is 5.95. The average molecular weight is 165 g/mol. The molecule has 0 spiro atoms. The highest BCUT2D eigenvalue weighted by Crippen LogP contribution is 2.31. The van der Waals surface area contributed by atoms with Crippen LogP contribution < -0.4 is 0 Å². The molecule has 9 heavy (non-hydrogen) atoms. The topological polar surface area (TPSA) is 0 Å². The van der Waals surface area contributed by atoms with Crippen LogP contribution in [0.4, 0.5) is 0 Å². The van der Waals surface area contributed by atoms with Crippen molar-refractivity contribution in [3.63, 3.8) is 0 Å². The molecule has 0 aliphatic heterocycles. The van der Waals surface area contributed by atoms with E-state index in [1.54, 1.807) is 0 Å². The van der Waals surface area contributed by atoms with Gasteiger partial charge in [-0.2, -0.15) is 11.1 Å². The molecule has 2 heteroatoms. The van der Waals surface area contributed by atoms with Gasteiger partial charge in [0.25, 0.3) is 0 Å². The van der Waals surface area contributed by atoms with Gasteiger partial charge in [0, 0.05) is 0 Å². The quantitative estimate of drug-likeness (QED) is 0.433. The van der Waals surface area contributed by atoms with Gasteiger partial charge in [0.15, 0.2) is 7.38 Å². The van der Waals surface area contributed by atoms with Gasteiger partial charge in [0.1, 0.15) is 0 Å². The van der Waals surface area contributed by atoms with E-state index in [1.165, 1.54) is 0 Å². The Kier molecular flexibility index (Phi) is 3.24. The van der Waals surface area contributed by atoms with Gasteiger partial charge in [-0.05, 0) is 11.5 Å². The minimum Gasteiger partial charge on any atom is -0.167 e. The van der Waals surface area contributed by atoms with Gasteiger partial charge in [-0.25, -0.2) is 0 Å². The van der Waals surface area contributed by atoms with Crippen LogP contribution in [0.5, 0.6) is 0 Å². The lowest BCUT2D eigenvalue weighted by atomic mass is 10.1. The van der Waals surface area contributed by atoms with Crippen LogP contribution >= 0.6 is 11.1 Å². The number of hydrogen-bond acceptors (Lipinski definition) is 0. The van der Waals surface area contributed by atoms with E-state index in [0.717, 1.165) is 11.5 Å². The summed E-state index contributed by atoms with van der Waals surface area (Å²) in [5.74, 6) is 0.740. The number of rotatable bonds is 2. The van der Waals surface area contributed by atoms with Crippen molar-refractivity contribution in [1.29, 1.82) is 0 Å². The van der Waals surface area contributed by atoms with Gasteiger partial charge >= 0.3 is 0 Å². The Balaban J connectivity index is 3.88. The summed E-state index contributed by atoms with van der Waals surface area (Å²) < 4.78 is 0. The van der Waals surface area contributed by atoms with Crippen molar-refractivity contribution in [3.05, 3.63) is 0 Å². The predicted molar refractivity (Wildman–Crippen MR) is 47.6 cm³/mol. The second-order valence-electron chi connectivity index (χ2n) is 3.60. The Morgan fingerprint density at radius 3 is 1.44 bits per heavy atom. The van der Waals surface area contributed by atoms with Crippen LogP contribution in [0.1, 0.15) is 20.8 Å². The maximum atomic E-state index is 6.22. The van der Waals surface area contributed by atoms with Crippen LogP contribution in [0.3, 0.4) is 0 Å². The van der Waals surface area contributed by atoms with Gasteiger partial charge in [0.2, 0.25) is 0 Å². The highest BCUT2D eigenvalue weighted by molar-refractivity contribution is 7.19. The number of hydrogen-bond donors (Lipinski definition) is 0. The molecule has 0 aromatic heterocycles. The van der Waals surface area contributed by atoms with Crippen LogP contribution in [-0.2, 0) is 0 Å². The first-order chi connectivity index (χ1) is 3.85. The van der Waals surface area contributed by atoms with Crippen LogP contribution in [0.25, 0.3) is 0 Å². The third kappa shape index (κ3) is 3.26. The van der Waals surface area contributed by atoms with Crippen molar-refractivity contribution in [3.8, 4) is 0 Å². The summed E-state index contributed by atoms with van der Waals surface area (Å²) in [6, 6.07) is 0. The van der Waals surface area contributed by atoms with E-state index in [2.05, 4.69) is 33.9 Å². The molecule has 0 rings (SSSR count). The summed E-state index contributed by atoms with van der Waals surface area (Å²) >= 11 is 6.22. The molecule has 0 aromatic rings. The van der Waals surface area contributed by atoms with Crippen molar-refractivity contribution >= 4 is 18.5 Å². The lowest BCUT2D eigenvalue weighted by Crippen LogP contribution is -2.26. The van der Waals surface area contributed by atoms with Crippen LogP contribution in [0, 0.1) is 5.92 Å². The first kappa shape index (κ1) is 9.51. The normalized spacial score (nSPS) is 16.3. The van der Waals surface area contributed by atoms with Crippen LogP contribution in [0.15, 0.2) is 0 Å². The van der Waals surface area contributed by atoms with Gasteiger partial charge < -0.3 is 0 Å². The lowest BCUT2D eigenvalue weighted by Gasteiger charge is -2.25. The molecule has 0 fully saturated rings. The second kappa shape index (κ2) is 3.06. The minimum atomic E-state index is -1.35. The Morgan fingerprint density at radius 2 is 1.44 bits per heavy atom. The van der Waals surface area contributed by atoms with E-state index in [0.29, 0.717) is 0 Å². The Hall–Kier alpha value is 0.507. The molecule has 0 radical (unpaired) electrons. The van der Waals surface area contributed by atoms with E-state index in [4.69, 9.17) is 11.1 Å². The smallest absolute Gasteiger partial charge is 0.153 e. The summed E-state index contributed by atoms with van der Waals surface area (Å²) in [5.41, 5.74) is 0.721. The predicted octanol–water partition coefficient (Wildman–Crippen LogP) is 3.48. The summed E-state index contributed by atoms with van der Waals surface area (Å²) in [5, 5.41) is 0. The average Bonchev–Trinajstić information content (AvgIpc) is 1.62. The molecule has 0 amide bonds. The fraction of sp³-hybridized carbons (Fsp3) is 1.00. The zero-order valence-electron chi connectivity index (χ0n) is 7.03. The van der Waals surface area contributed by atoms with E-state index >= 15 is 0 Å². The largest absolute Gasteiger partial charge is 0.167 e. The highest BCUT2D eigenvalue weighted by atomic mass is 35.6. The fourth-order valence-corrected chi connectivity index (χ4v) is 3.13. The van der Waals surface area contributed by atoms with E-state index in [-0.39, 0.29) is 0 Å². The molecule has 0 heterocycles. The molecule has 0 nitrogen and oxygen atoms in total. The summed E-state index contributed by atoms with van der Waals surface area (Å²) in [6.45, 7) is 11.1. The van der Waals surface area contributed by atoms with Gasteiger partial charge in [-0.3, -0.25) is 0 Å². The lowest BCUT2D eigenvalue weighted by molar-refractivity contribution is 0.611. The monoisotopic (exact) mass is 164 g/mol. The Bertz CT molecular complexity index is 83.4. The molecule has 1 unspecified atom stereocenters. The molecule has 0 aromatic carbocycles.